The number of nitrogens with one attached hydrogen (secondary N) is 1. The third-order valence-electron chi connectivity index (χ3n) is 4.57. The second-order valence-electron chi connectivity index (χ2n) is 6.07. The number of hydrogen-bond donors (Lipinski definition) is 2. The lowest BCUT2D eigenvalue weighted by atomic mass is 9.81. The van der Waals surface area contributed by atoms with Crippen LogP contribution >= 0.6 is 0 Å². The number of primary amides is 1. The van der Waals surface area contributed by atoms with Crippen LogP contribution in [0.3, 0.4) is 0 Å². The van der Waals surface area contributed by atoms with E-state index in [1.165, 1.54) is 12.1 Å². The average molecular weight is 328 g/mol. The Morgan fingerprint density at radius 2 is 2.04 bits per heavy atom. The molecule has 24 heavy (non-hydrogen) atoms. The summed E-state index contributed by atoms with van der Waals surface area (Å²) in [7, 11) is 1.91. The molecule has 126 valence electrons. The van der Waals surface area contributed by atoms with Crippen molar-refractivity contribution in [3.05, 3.63) is 70.5 Å². The third kappa shape index (κ3) is 2.92. The van der Waals surface area contributed by atoms with Gasteiger partial charge in [-0.15, -0.1) is 0 Å². The maximum absolute atomic E-state index is 13.3. The van der Waals surface area contributed by atoms with Crippen molar-refractivity contribution in [2.45, 2.75) is 25.0 Å². The van der Waals surface area contributed by atoms with Gasteiger partial charge in [0.25, 0.3) is 0 Å². The Bertz CT molecular complexity index is 746. The summed E-state index contributed by atoms with van der Waals surface area (Å²) in [6, 6.07) is 11.9. The minimum absolute atomic E-state index is 0.272. The zero-order valence-electron chi connectivity index (χ0n) is 13.6. The molecule has 1 unspecified atom stereocenters. The zero-order chi connectivity index (χ0) is 17.2. The maximum atomic E-state index is 13.3. The summed E-state index contributed by atoms with van der Waals surface area (Å²) in [5, 5.41) is 3.14. The van der Waals surface area contributed by atoms with Gasteiger partial charge in [-0.1, -0.05) is 18.2 Å². The van der Waals surface area contributed by atoms with Crippen molar-refractivity contribution in [2.24, 2.45) is 5.73 Å². The molecule has 1 heterocycles. The SMILES string of the molecule is CNCCCC1(c2ccc(F)cc2)OCc2cc(C(N)=O)ccc21. The number of halogens is 1. The van der Waals surface area contributed by atoms with E-state index in [0.29, 0.717) is 12.2 Å². The summed E-state index contributed by atoms with van der Waals surface area (Å²) in [5.74, 6) is -0.723. The van der Waals surface area contributed by atoms with Crippen molar-refractivity contribution in [3.8, 4) is 0 Å². The molecule has 1 aliphatic rings. The molecule has 0 fully saturated rings. The van der Waals surface area contributed by atoms with Gasteiger partial charge >= 0.3 is 0 Å². The quantitative estimate of drug-likeness (QED) is 0.801. The first kappa shape index (κ1) is 16.6. The monoisotopic (exact) mass is 328 g/mol. The van der Waals surface area contributed by atoms with Gasteiger partial charge in [-0.2, -0.15) is 0 Å². The van der Waals surface area contributed by atoms with Crippen LogP contribution in [0.15, 0.2) is 42.5 Å². The van der Waals surface area contributed by atoms with E-state index in [0.717, 1.165) is 36.1 Å². The summed E-state index contributed by atoms with van der Waals surface area (Å²) in [6.07, 6.45) is 1.67. The molecule has 0 saturated carbocycles. The van der Waals surface area contributed by atoms with Crippen molar-refractivity contribution in [3.63, 3.8) is 0 Å². The second kappa shape index (κ2) is 6.71. The van der Waals surface area contributed by atoms with Crippen LogP contribution in [0, 0.1) is 5.82 Å². The smallest absolute Gasteiger partial charge is 0.248 e. The summed E-state index contributed by atoms with van der Waals surface area (Å²) in [6.45, 7) is 1.27. The van der Waals surface area contributed by atoms with Gasteiger partial charge in [-0.05, 0) is 67.4 Å². The lowest BCUT2D eigenvalue weighted by molar-refractivity contribution is -0.0128. The van der Waals surface area contributed by atoms with Crippen molar-refractivity contribution >= 4 is 5.91 Å². The number of benzene rings is 2. The van der Waals surface area contributed by atoms with Crippen molar-refractivity contribution < 1.29 is 13.9 Å². The molecule has 3 rings (SSSR count). The molecule has 2 aromatic rings. The number of carbonyl (C=O) groups is 1. The van der Waals surface area contributed by atoms with E-state index in [2.05, 4.69) is 5.32 Å². The number of carbonyl (C=O) groups excluding carboxylic acids is 1. The zero-order valence-corrected chi connectivity index (χ0v) is 13.6. The molecule has 1 aliphatic heterocycles. The van der Waals surface area contributed by atoms with E-state index in [9.17, 15) is 9.18 Å². The second-order valence-corrected chi connectivity index (χ2v) is 6.07. The number of amides is 1. The van der Waals surface area contributed by atoms with Crippen LogP contribution in [-0.2, 0) is 16.9 Å². The standard InChI is InChI=1S/C19H21FN2O2/c1-22-10-2-9-19(15-4-6-16(20)7-5-15)17-8-3-13(18(21)23)11-14(17)12-24-19/h3-8,11,22H,2,9-10,12H2,1H3,(H2,21,23). The molecule has 0 bridgehead atoms. The van der Waals surface area contributed by atoms with Crippen LogP contribution in [0.4, 0.5) is 4.39 Å². The Morgan fingerprint density at radius 1 is 1.29 bits per heavy atom. The fourth-order valence-electron chi connectivity index (χ4n) is 3.36. The highest BCUT2D eigenvalue weighted by molar-refractivity contribution is 5.93. The van der Waals surface area contributed by atoms with Crippen LogP contribution in [0.1, 0.15) is 39.9 Å². The number of ether oxygens (including phenoxy) is 1. The minimum atomic E-state index is -0.615. The van der Waals surface area contributed by atoms with Gasteiger partial charge in [-0.25, -0.2) is 4.39 Å². The molecule has 0 saturated heterocycles. The largest absolute Gasteiger partial charge is 0.366 e. The van der Waals surface area contributed by atoms with Crippen LogP contribution in [0.5, 0.6) is 0 Å². The lowest BCUT2D eigenvalue weighted by Crippen LogP contribution is -2.28. The number of fused-ring (bicyclic) bond motifs is 1. The summed E-state index contributed by atoms with van der Waals surface area (Å²) in [4.78, 5) is 11.4. The van der Waals surface area contributed by atoms with Crippen molar-refractivity contribution in [1.82, 2.24) is 5.32 Å². The molecule has 2 aromatic carbocycles. The molecule has 4 nitrogen and oxygen atoms in total. The Morgan fingerprint density at radius 3 is 2.71 bits per heavy atom. The molecule has 1 amide bonds. The highest BCUT2D eigenvalue weighted by Gasteiger charge is 2.41. The van der Waals surface area contributed by atoms with E-state index in [1.807, 2.05) is 13.1 Å². The molecular weight excluding hydrogens is 307 g/mol. The number of hydrogen-bond acceptors (Lipinski definition) is 3. The van der Waals surface area contributed by atoms with E-state index >= 15 is 0 Å². The highest BCUT2D eigenvalue weighted by atomic mass is 19.1. The highest BCUT2D eigenvalue weighted by Crippen LogP contribution is 2.45. The van der Waals surface area contributed by atoms with Crippen LogP contribution in [0.2, 0.25) is 0 Å². The Kier molecular flexibility index (Phi) is 4.64. The van der Waals surface area contributed by atoms with Crippen molar-refractivity contribution in [2.75, 3.05) is 13.6 Å². The number of nitrogens with two attached hydrogens (primary N) is 1. The first-order valence-electron chi connectivity index (χ1n) is 8.04. The Labute approximate surface area is 140 Å². The Balaban J connectivity index is 2.05. The van der Waals surface area contributed by atoms with Gasteiger partial charge in [0.05, 0.1) is 6.61 Å². The molecule has 0 aliphatic carbocycles. The normalized spacial score (nSPS) is 19.2. The molecule has 5 heteroatoms. The van der Waals surface area contributed by atoms with E-state index in [-0.39, 0.29) is 5.82 Å². The molecule has 0 spiro atoms. The fraction of sp³-hybridized carbons (Fsp3) is 0.316. The van der Waals surface area contributed by atoms with Crippen LogP contribution in [0.25, 0.3) is 0 Å². The maximum Gasteiger partial charge on any atom is 0.248 e. The third-order valence-corrected chi connectivity index (χ3v) is 4.57. The van der Waals surface area contributed by atoms with Gasteiger partial charge in [0.15, 0.2) is 0 Å². The molecule has 1 atom stereocenters. The van der Waals surface area contributed by atoms with E-state index in [4.69, 9.17) is 10.5 Å². The lowest BCUT2D eigenvalue weighted by Gasteiger charge is -2.30. The molecule has 3 N–H and O–H groups in total. The minimum Gasteiger partial charge on any atom is -0.366 e. The van der Waals surface area contributed by atoms with Gasteiger partial charge in [-0.3, -0.25) is 4.79 Å². The molecule has 0 aromatic heterocycles. The van der Waals surface area contributed by atoms with Gasteiger partial charge < -0.3 is 15.8 Å². The molecule has 0 radical (unpaired) electrons. The fourth-order valence-corrected chi connectivity index (χ4v) is 3.36. The predicted octanol–water partition coefficient (Wildman–Crippen LogP) is 2.70. The average Bonchev–Trinajstić information content (AvgIpc) is 2.95. The van der Waals surface area contributed by atoms with Crippen LogP contribution in [-0.4, -0.2) is 19.5 Å². The van der Waals surface area contributed by atoms with Gasteiger partial charge in [0, 0.05) is 5.56 Å². The first-order valence-corrected chi connectivity index (χ1v) is 8.04. The van der Waals surface area contributed by atoms with E-state index in [1.54, 1.807) is 24.3 Å². The first-order chi connectivity index (χ1) is 11.6. The molecular formula is C19H21FN2O2. The predicted molar refractivity (Wildman–Crippen MR) is 90.1 cm³/mol. The van der Waals surface area contributed by atoms with E-state index < -0.39 is 11.5 Å². The van der Waals surface area contributed by atoms with Crippen LogP contribution < -0.4 is 11.1 Å². The summed E-state index contributed by atoms with van der Waals surface area (Å²) >= 11 is 0. The Hall–Kier alpha value is -2.24. The van der Waals surface area contributed by atoms with Crippen molar-refractivity contribution in [1.29, 1.82) is 0 Å². The summed E-state index contributed by atoms with van der Waals surface area (Å²) < 4.78 is 19.6. The van der Waals surface area contributed by atoms with Gasteiger partial charge in [0.1, 0.15) is 11.4 Å². The number of rotatable bonds is 6. The topological polar surface area (TPSA) is 64.3 Å². The van der Waals surface area contributed by atoms with Gasteiger partial charge in [0.2, 0.25) is 5.91 Å². The summed E-state index contributed by atoms with van der Waals surface area (Å²) in [5.41, 5.74) is 8.13.